The molecular formula is C19H19F2NO4. The lowest BCUT2D eigenvalue weighted by Gasteiger charge is -2.15. The van der Waals surface area contributed by atoms with Crippen molar-refractivity contribution in [2.24, 2.45) is 0 Å². The molecule has 138 valence electrons. The van der Waals surface area contributed by atoms with Crippen molar-refractivity contribution >= 4 is 17.6 Å². The van der Waals surface area contributed by atoms with Crippen LogP contribution >= 0.6 is 0 Å². The standard InChI is InChI=1S/C19H19F2NO4/c1-11-5-4-6-17(12(11)2)25-10-18(23)26-13(3)19(24)22-16-9-14(20)7-8-15(16)21/h4-9,13H,10H2,1-3H3,(H,22,24)/t13-/m0/s1. The lowest BCUT2D eigenvalue weighted by molar-refractivity contribution is -0.155. The molecule has 5 nitrogen and oxygen atoms in total. The first-order chi connectivity index (χ1) is 12.3. The van der Waals surface area contributed by atoms with Crippen LogP contribution in [-0.4, -0.2) is 24.6 Å². The Morgan fingerprint density at radius 3 is 2.62 bits per heavy atom. The maximum absolute atomic E-state index is 13.5. The van der Waals surface area contributed by atoms with Crippen LogP contribution in [0.2, 0.25) is 0 Å². The van der Waals surface area contributed by atoms with E-state index in [4.69, 9.17) is 9.47 Å². The molecule has 0 saturated carbocycles. The summed E-state index contributed by atoms with van der Waals surface area (Å²) in [6.07, 6.45) is -1.20. The number of rotatable bonds is 6. The molecule has 0 bridgehead atoms. The van der Waals surface area contributed by atoms with E-state index in [1.165, 1.54) is 6.92 Å². The number of amides is 1. The summed E-state index contributed by atoms with van der Waals surface area (Å²) in [5.74, 6) is -2.49. The van der Waals surface area contributed by atoms with Crippen LogP contribution in [0.4, 0.5) is 14.5 Å². The number of hydrogen-bond donors (Lipinski definition) is 1. The minimum Gasteiger partial charge on any atom is -0.482 e. The van der Waals surface area contributed by atoms with Crippen molar-refractivity contribution in [1.29, 1.82) is 0 Å². The molecular weight excluding hydrogens is 344 g/mol. The molecule has 1 amide bonds. The lowest BCUT2D eigenvalue weighted by Crippen LogP contribution is -2.32. The number of hydrogen-bond acceptors (Lipinski definition) is 4. The number of ether oxygens (including phenoxy) is 2. The highest BCUT2D eigenvalue weighted by atomic mass is 19.1. The van der Waals surface area contributed by atoms with Gasteiger partial charge in [-0.2, -0.15) is 0 Å². The molecule has 0 aromatic heterocycles. The molecule has 0 aliphatic rings. The molecule has 1 N–H and O–H groups in total. The van der Waals surface area contributed by atoms with Gasteiger partial charge in [-0.05, 0) is 50.1 Å². The topological polar surface area (TPSA) is 64.6 Å². The van der Waals surface area contributed by atoms with Crippen molar-refractivity contribution in [1.82, 2.24) is 0 Å². The summed E-state index contributed by atoms with van der Waals surface area (Å²) in [6, 6.07) is 8.09. The van der Waals surface area contributed by atoms with Crippen molar-refractivity contribution in [2.45, 2.75) is 26.9 Å². The van der Waals surface area contributed by atoms with Gasteiger partial charge in [-0.3, -0.25) is 4.79 Å². The molecule has 7 heteroatoms. The Bertz CT molecular complexity index is 823. The third-order valence-corrected chi connectivity index (χ3v) is 3.76. The summed E-state index contributed by atoms with van der Waals surface area (Å²) in [5, 5.41) is 2.17. The van der Waals surface area contributed by atoms with Crippen molar-refractivity contribution in [3.05, 3.63) is 59.2 Å². The van der Waals surface area contributed by atoms with Crippen LogP contribution in [0.3, 0.4) is 0 Å². The fourth-order valence-electron chi connectivity index (χ4n) is 2.13. The van der Waals surface area contributed by atoms with Gasteiger partial charge in [0.25, 0.3) is 5.91 Å². The zero-order valence-corrected chi connectivity index (χ0v) is 14.6. The van der Waals surface area contributed by atoms with Gasteiger partial charge in [-0.25, -0.2) is 13.6 Å². The van der Waals surface area contributed by atoms with Gasteiger partial charge in [-0.1, -0.05) is 12.1 Å². The number of nitrogens with one attached hydrogen (secondary N) is 1. The first-order valence-corrected chi connectivity index (χ1v) is 7.92. The average molecular weight is 363 g/mol. The molecule has 1 atom stereocenters. The van der Waals surface area contributed by atoms with E-state index in [1.807, 2.05) is 19.9 Å². The highest BCUT2D eigenvalue weighted by molar-refractivity contribution is 5.95. The zero-order chi connectivity index (χ0) is 19.3. The number of carbonyl (C=O) groups is 2. The van der Waals surface area contributed by atoms with Crippen LogP contribution < -0.4 is 10.1 Å². The van der Waals surface area contributed by atoms with Gasteiger partial charge in [-0.15, -0.1) is 0 Å². The van der Waals surface area contributed by atoms with Crippen molar-refractivity contribution in [3.8, 4) is 5.75 Å². The van der Waals surface area contributed by atoms with E-state index in [-0.39, 0.29) is 12.3 Å². The fourth-order valence-corrected chi connectivity index (χ4v) is 2.13. The SMILES string of the molecule is Cc1cccc(OCC(=O)O[C@@H](C)C(=O)Nc2cc(F)ccc2F)c1C. The van der Waals surface area contributed by atoms with Gasteiger partial charge in [0.2, 0.25) is 0 Å². The minimum atomic E-state index is -1.20. The molecule has 0 heterocycles. The maximum atomic E-state index is 13.5. The largest absolute Gasteiger partial charge is 0.482 e. The number of carbonyl (C=O) groups excluding carboxylic acids is 2. The predicted octanol–water partition coefficient (Wildman–Crippen LogP) is 3.53. The Morgan fingerprint density at radius 2 is 1.88 bits per heavy atom. The fraction of sp³-hybridized carbons (Fsp3) is 0.263. The second-order valence-corrected chi connectivity index (χ2v) is 5.73. The number of aryl methyl sites for hydroxylation is 1. The Hall–Kier alpha value is -2.96. The van der Waals surface area contributed by atoms with Gasteiger partial charge in [0.1, 0.15) is 17.4 Å². The number of benzene rings is 2. The minimum absolute atomic E-state index is 0.329. The lowest BCUT2D eigenvalue weighted by atomic mass is 10.1. The molecule has 0 fully saturated rings. The number of esters is 1. The summed E-state index contributed by atoms with van der Waals surface area (Å²) >= 11 is 0. The Labute approximate surface area is 149 Å². The van der Waals surface area contributed by atoms with E-state index in [1.54, 1.807) is 12.1 Å². The van der Waals surface area contributed by atoms with Gasteiger partial charge in [0, 0.05) is 6.07 Å². The van der Waals surface area contributed by atoms with Gasteiger partial charge < -0.3 is 14.8 Å². The molecule has 0 spiro atoms. The molecule has 0 unspecified atom stereocenters. The Morgan fingerprint density at radius 1 is 1.15 bits per heavy atom. The highest BCUT2D eigenvalue weighted by Gasteiger charge is 2.20. The molecule has 2 aromatic rings. The molecule has 0 aliphatic carbocycles. The molecule has 26 heavy (non-hydrogen) atoms. The Kier molecular flexibility index (Phi) is 6.27. The van der Waals surface area contributed by atoms with Gasteiger partial charge in [0.15, 0.2) is 12.7 Å². The first kappa shape index (κ1) is 19.4. The van der Waals surface area contributed by atoms with Crippen molar-refractivity contribution in [2.75, 3.05) is 11.9 Å². The smallest absolute Gasteiger partial charge is 0.344 e. The third kappa shape index (κ3) is 5.02. The summed E-state index contributed by atoms with van der Waals surface area (Å²) < 4.78 is 37.0. The van der Waals surface area contributed by atoms with Crippen LogP contribution in [0.25, 0.3) is 0 Å². The monoisotopic (exact) mass is 363 g/mol. The van der Waals surface area contributed by atoms with E-state index >= 15 is 0 Å². The van der Waals surface area contributed by atoms with E-state index in [0.29, 0.717) is 5.75 Å². The number of anilines is 1. The summed E-state index contributed by atoms with van der Waals surface area (Å²) in [5.41, 5.74) is 1.58. The third-order valence-electron chi connectivity index (χ3n) is 3.76. The van der Waals surface area contributed by atoms with Crippen molar-refractivity contribution in [3.63, 3.8) is 0 Å². The molecule has 0 radical (unpaired) electrons. The number of halogens is 2. The predicted molar refractivity (Wildman–Crippen MR) is 92.0 cm³/mol. The van der Waals surface area contributed by atoms with Crippen LogP contribution in [0.15, 0.2) is 36.4 Å². The van der Waals surface area contributed by atoms with E-state index in [2.05, 4.69) is 5.32 Å². The summed E-state index contributed by atoms with van der Waals surface area (Å²) in [7, 11) is 0. The second kappa shape index (κ2) is 8.42. The highest BCUT2D eigenvalue weighted by Crippen LogP contribution is 2.20. The maximum Gasteiger partial charge on any atom is 0.344 e. The van der Waals surface area contributed by atoms with Crippen LogP contribution in [0.5, 0.6) is 5.75 Å². The molecule has 2 rings (SSSR count). The van der Waals surface area contributed by atoms with Crippen LogP contribution in [0.1, 0.15) is 18.1 Å². The Balaban J connectivity index is 1.89. The summed E-state index contributed by atoms with van der Waals surface area (Å²) in [4.78, 5) is 23.8. The van der Waals surface area contributed by atoms with Gasteiger partial charge >= 0.3 is 5.97 Å². The normalized spacial score (nSPS) is 11.6. The first-order valence-electron chi connectivity index (χ1n) is 7.92. The summed E-state index contributed by atoms with van der Waals surface area (Å²) in [6.45, 7) is 4.72. The second-order valence-electron chi connectivity index (χ2n) is 5.73. The quantitative estimate of drug-likeness (QED) is 0.798. The van der Waals surface area contributed by atoms with Crippen LogP contribution in [-0.2, 0) is 14.3 Å². The van der Waals surface area contributed by atoms with Gasteiger partial charge in [0.05, 0.1) is 5.69 Å². The van der Waals surface area contributed by atoms with E-state index in [0.717, 1.165) is 29.3 Å². The molecule has 0 aliphatic heterocycles. The van der Waals surface area contributed by atoms with E-state index in [9.17, 15) is 18.4 Å². The van der Waals surface area contributed by atoms with E-state index < -0.39 is 29.6 Å². The molecule has 2 aromatic carbocycles. The molecule has 0 saturated heterocycles. The average Bonchev–Trinajstić information content (AvgIpc) is 2.59. The van der Waals surface area contributed by atoms with Crippen LogP contribution in [0, 0.1) is 25.5 Å². The zero-order valence-electron chi connectivity index (χ0n) is 14.6. The van der Waals surface area contributed by atoms with Crippen molar-refractivity contribution < 1.29 is 27.8 Å².